The van der Waals surface area contributed by atoms with E-state index in [1.54, 1.807) is 31.4 Å². The summed E-state index contributed by atoms with van der Waals surface area (Å²) in [5.74, 6) is 0.767. The van der Waals surface area contributed by atoms with E-state index in [2.05, 4.69) is 5.32 Å². The first kappa shape index (κ1) is 15.1. The fourth-order valence-electron chi connectivity index (χ4n) is 2.60. The Morgan fingerprint density at radius 2 is 1.87 bits per heavy atom. The first-order chi connectivity index (χ1) is 11.2. The molecule has 0 fully saturated rings. The average molecular weight is 310 g/mol. The van der Waals surface area contributed by atoms with E-state index in [4.69, 9.17) is 4.74 Å². The molecule has 2 aromatic carbocycles. The van der Waals surface area contributed by atoms with Crippen LogP contribution in [-0.2, 0) is 4.74 Å². The summed E-state index contributed by atoms with van der Waals surface area (Å²) in [7, 11) is 1.62. The first-order valence-corrected chi connectivity index (χ1v) is 7.38. The van der Waals surface area contributed by atoms with Gasteiger partial charge in [-0.15, -0.1) is 0 Å². The first-order valence-electron chi connectivity index (χ1n) is 7.38. The minimum absolute atomic E-state index is 0.0628. The van der Waals surface area contributed by atoms with Crippen molar-refractivity contribution in [2.45, 2.75) is 0 Å². The van der Waals surface area contributed by atoms with E-state index in [9.17, 15) is 9.90 Å². The van der Waals surface area contributed by atoms with Gasteiger partial charge in [0.15, 0.2) is 5.43 Å². The van der Waals surface area contributed by atoms with Gasteiger partial charge in [0, 0.05) is 25.1 Å². The molecule has 0 unspecified atom stereocenters. The third-order valence-electron chi connectivity index (χ3n) is 3.65. The number of fused-ring (bicyclic) bond motifs is 1. The highest BCUT2D eigenvalue weighted by atomic mass is 16.5. The van der Waals surface area contributed by atoms with Gasteiger partial charge in [0.1, 0.15) is 11.6 Å². The maximum Gasteiger partial charge on any atom is 0.191 e. The van der Waals surface area contributed by atoms with Crippen LogP contribution >= 0.6 is 0 Å². The van der Waals surface area contributed by atoms with Crippen molar-refractivity contribution < 1.29 is 9.84 Å². The number of hydrogen-bond donors (Lipinski definition) is 2. The van der Waals surface area contributed by atoms with Gasteiger partial charge < -0.3 is 15.2 Å². The molecule has 1 heterocycles. The predicted molar refractivity (Wildman–Crippen MR) is 91.6 cm³/mol. The number of rotatable bonds is 5. The van der Waals surface area contributed by atoms with E-state index in [1.807, 2.05) is 34.9 Å². The number of benzene rings is 2. The van der Waals surface area contributed by atoms with Crippen LogP contribution in [-0.4, -0.2) is 29.9 Å². The van der Waals surface area contributed by atoms with Gasteiger partial charge >= 0.3 is 0 Å². The number of hydrogen-bond acceptors (Lipinski definition) is 4. The fraction of sp³-hybridized carbons (Fsp3) is 0.167. The second-order valence-corrected chi connectivity index (χ2v) is 5.15. The Hall–Kier alpha value is -2.79. The Morgan fingerprint density at radius 1 is 1.13 bits per heavy atom. The smallest absolute Gasteiger partial charge is 0.191 e. The van der Waals surface area contributed by atoms with Crippen LogP contribution in [0.1, 0.15) is 0 Å². The summed E-state index contributed by atoms with van der Waals surface area (Å²) in [6.07, 6.45) is 0. The number of anilines is 1. The number of nitrogens with one attached hydrogen (secondary N) is 1. The lowest BCUT2D eigenvalue weighted by molar-refractivity contribution is 0.210. The lowest BCUT2D eigenvalue weighted by Crippen LogP contribution is -2.17. The number of nitrogens with zero attached hydrogens (tertiary/aromatic N) is 1. The van der Waals surface area contributed by atoms with Gasteiger partial charge in [-0.05, 0) is 24.3 Å². The molecule has 1 aromatic heterocycles. The van der Waals surface area contributed by atoms with Crippen LogP contribution in [0, 0.1) is 0 Å². The molecule has 3 rings (SSSR count). The van der Waals surface area contributed by atoms with E-state index in [0.29, 0.717) is 30.0 Å². The molecule has 0 aliphatic carbocycles. The molecule has 0 aliphatic heterocycles. The summed E-state index contributed by atoms with van der Waals surface area (Å²) in [4.78, 5) is 12.4. The molecule has 0 spiro atoms. The molecule has 23 heavy (non-hydrogen) atoms. The van der Waals surface area contributed by atoms with Gasteiger partial charge in [-0.25, -0.2) is 0 Å². The van der Waals surface area contributed by atoms with Crippen LogP contribution in [0.25, 0.3) is 16.6 Å². The molecule has 2 N–H and O–H groups in total. The Balaban J connectivity index is 2.27. The minimum atomic E-state index is -0.0628. The largest absolute Gasteiger partial charge is 0.506 e. The van der Waals surface area contributed by atoms with E-state index >= 15 is 0 Å². The molecule has 3 aromatic rings. The molecule has 5 nitrogen and oxygen atoms in total. The zero-order chi connectivity index (χ0) is 16.2. The molecule has 0 atom stereocenters. The van der Waals surface area contributed by atoms with Crippen LogP contribution in [0.5, 0.6) is 5.75 Å². The van der Waals surface area contributed by atoms with Crippen LogP contribution in [0.4, 0.5) is 5.82 Å². The third kappa shape index (κ3) is 2.91. The van der Waals surface area contributed by atoms with Crippen molar-refractivity contribution in [1.29, 1.82) is 0 Å². The molecule has 118 valence electrons. The molecule has 0 saturated heterocycles. The lowest BCUT2D eigenvalue weighted by Gasteiger charge is -2.19. The maximum absolute atomic E-state index is 12.4. The highest BCUT2D eigenvalue weighted by Gasteiger charge is 2.12. The van der Waals surface area contributed by atoms with E-state index in [0.717, 1.165) is 5.52 Å². The Kier molecular flexibility index (Phi) is 4.30. The molecular formula is C18H18N2O3. The van der Waals surface area contributed by atoms with Gasteiger partial charge in [-0.2, -0.15) is 0 Å². The number of phenols is 1. The number of aromatic hydroxyl groups is 1. The highest BCUT2D eigenvalue weighted by Crippen LogP contribution is 2.28. The van der Waals surface area contributed by atoms with Gasteiger partial charge in [0.2, 0.25) is 0 Å². The van der Waals surface area contributed by atoms with Crippen molar-refractivity contribution in [2.75, 3.05) is 25.6 Å². The molecular weight excluding hydrogens is 292 g/mol. The van der Waals surface area contributed by atoms with Crippen molar-refractivity contribution in [1.82, 2.24) is 4.57 Å². The summed E-state index contributed by atoms with van der Waals surface area (Å²) in [5.41, 5.74) is 1.29. The minimum Gasteiger partial charge on any atom is -0.506 e. The topological polar surface area (TPSA) is 63.5 Å². The normalized spacial score (nSPS) is 10.8. The lowest BCUT2D eigenvalue weighted by atomic mass is 10.1. The van der Waals surface area contributed by atoms with Gasteiger partial charge in [0.25, 0.3) is 0 Å². The van der Waals surface area contributed by atoms with Crippen LogP contribution in [0.3, 0.4) is 0 Å². The maximum atomic E-state index is 12.4. The van der Waals surface area contributed by atoms with Crippen molar-refractivity contribution in [2.24, 2.45) is 0 Å². The van der Waals surface area contributed by atoms with Crippen LogP contribution in [0.15, 0.2) is 59.4 Å². The summed E-state index contributed by atoms with van der Waals surface area (Å²) in [5, 5.41) is 14.0. The van der Waals surface area contributed by atoms with Crippen LogP contribution < -0.4 is 10.7 Å². The highest BCUT2D eigenvalue weighted by molar-refractivity contribution is 5.83. The van der Waals surface area contributed by atoms with E-state index < -0.39 is 0 Å². The average Bonchev–Trinajstić information content (AvgIpc) is 2.57. The fourth-order valence-corrected chi connectivity index (χ4v) is 2.60. The van der Waals surface area contributed by atoms with Gasteiger partial charge in [-0.1, -0.05) is 24.3 Å². The zero-order valence-corrected chi connectivity index (χ0v) is 12.8. The van der Waals surface area contributed by atoms with Gasteiger partial charge in [-0.3, -0.25) is 9.36 Å². The SMILES string of the molecule is COCCNc1cc(=O)c2ccccc2n1-c1ccccc1O. The number of phenolic OH excluding ortho intramolecular Hbond substituents is 1. The van der Waals surface area contributed by atoms with Gasteiger partial charge in [0.05, 0.1) is 17.8 Å². The van der Waals surface area contributed by atoms with Crippen molar-refractivity contribution in [3.8, 4) is 11.4 Å². The van der Waals surface area contributed by atoms with Crippen molar-refractivity contribution in [3.05, 3.63) is 64.8 Å². The third-order valence-corrected chi connectivity index (χ3v) is 3.65. The summed E-state index contributed by atoms with van der Waals surface area (Å²) in [6.45, 7) is 1.07. The molecule has 5 heteroatoms. The Bertz CT molecular complexity index is 887. The standard InChI is InChI=1S/C18H18N2O3/c1-23-11-10-19-18-12-17(22)13-6-2-3-7-14(13)20(18)15-8-4-5-9-16(15)21/h2-9,12,19,21H,10-11H2,1H3. The number of methoxy groups -OCH3 is 1. The number of ether oxygens (including phenoxy) is 1. The van der Waals surface area contributed by atoms with E-state index in [-0.39, 0.29) is 11.2 Å². The number of pyridine rings is 1. The second kappa shape index (κ2) is 6.54. The molecule has 0 aliphatic rings. The molecule has 0 radical (unpaired) electrons. The summed E-state index contributed by atoms with van der Waals surface area (Å²) in [6, 6.07) is 16.0. The van der Waals surface area contributed by atoms with Crippen molar-refractivity contribution >= 4 is 16.7 Å². The number of para-hydroxylation sites is 3. The quantitative estimate of drug-likeness (QED) is 0.711. The number of aromatic nitrogens is 1. The zero-order valence-electron chi connectivity index (χ0n) is 12.8. The Labute approximate surface area is 133 Å². The molecule has 0 saturated carbocycles. The van der Waals surface area contributed by atoms with Crippen LogP contribution in [0.2, 0.25) is 0 Å². The molecule has 0 amide bonds. The monoisotopic (exact) mass is 310 g/mol. The summed E-state index contributed by atoms with van der Waals surface area (Å²) < 4.78 is 6.90. The Morgan fingerprint density at radius 3 is 2.65 bits per heavy atom. The second-order valence-electron chi connectivity index (χ2n) is 5.15. The van der Waals surface area contributed by atoms with E-state index in [1.165, 1.54) is 0 Å². The predicted octanol–water partition coefficient (Wildman–Crippen LogP) is 2.75. The van der Waals surface area contributed by atoms with Crippen molar-refractivity contribution in [3.63, 3.8) is 0 Å². The molecule has 0 bridgehead atoms. The summed E-state index contributed by atoms with van der Waals surface area (Å²) >= 11 is 0.